The van der Waals surface area contributed by atoms with Gasteiger partial charge in [-0.2, -0.15) is 0 Å². The van der Waals surface area contributed by atoms with E-state index < -0.39 is 17.4 Å². The maximum Gasteiger partial charge on any atom is 0.241 e. The summed E-state index contributed by atoms with van der Waals surface area (Å²) >= 11 is 0. The van der Waals surface area contributed by atoms with Crippen molar-refractivity contribution in [2.45, 2.75) is 25.6 Å². The second-order valence-corrected chi connectivity index (χ2v) is 6.24. The molecule has 3 heterocycles. The molecule has 2 fully saturated rings. The zero-order chi connectivity index (χ0) is 15.6. The Kier molecular flexibility index (Phi) is 2.52. The summed E-state index contributed by atoms with van der Waals surface area (Å²) in [6.45, 7) is 3.33. The van der Waals surface area contributed by atoms with Gasteiger partial charge in [-0.05, 0) is 38.1 Å². The SMILES string of the molecule is CC(=O)c1ccc(N2C(=O)C3C4C=CC(C)(O4)C3C2=O)cc1. The Bertz CT molecular complexity index is 736. The highest BCUT2D eigenvalue weighted by molar-refractivity contribution is 6.23. The van der Waals surface area contributed by atoms with Gasteiger partial charge in [0.15, 0.2) is 5.78 Å². The third kappa shape index (κ3) is 1.54. The van der Waals surface area contributed by atoms with Crippen LogP contribution >= 0.6 is 0 Å². The van der Waals surface area contributed by atoms with Crippen LogP contribution in [-0.4, -0.2) is 29.3 Å². The van der Waals surface area contributed by atoms with Crippen molar-refractivity contribution in [3.63, 3.8) is 0 Å². The number of rotatable bonds is 2. The number of Topliss-reactive ketones (excluding diaryl/α,β-unsaturated/α-hetero) is 1. The number of carbonyl (C=O) groups excluding carboxylic acids is 3. The van der Waals surface area contributed by atoms with Crippen LogP contribution in [-0.2, 0) is 14.3 Å². The van der Waals surface area contributed by atoms with Gasteiger partial charge in [0.25, 0.3) is 0 Å². The number of hydrogen-bond donors (Lipinski definition) is 0. The molecule has 4 atom stereocenters. The first-order valence-electron chi connectivity index (χ1n) is 7.28. The lowest BCUT2D eigenvalue weighted by Gasteiger charge is -2.24. The lowest BCUT2D eigenvalue weighted by molar-refractivity contribution is -0.126. The molecule has 22 heavy (non-hydrogen) atoms. The van der Waals surface area contributed by atoms with E-state index in [9.17, 15) is 14.4 Å². The van der Waals surface area contributed by atoms with Gasteiger partial charge in [-0.1, -0.05) is 12.2 Å². The fourth-order valence-electron chi connectivity index (χ4n) is 3.75. The van der Waals surface area contributed by atoms with Crippen LogP contribution in [0.4, 0.5) is 5.69 Å². The number of imide groups is 1. The van der Waals surface area contributed by atoms with Gasteiger partial charge < -0.3 is 4.74 Å². The van der Waals surface area contributed by atoms with Crippen molar-refractivity contribution in [1.82, 2.24) is 0 Å². The molecule has 1 aromatic rings. The molecule has 3 aliphatic heterocycles. The Morgan fingerprint density at radius 2 is 1.86 bits per heavy atom. The molecule has 5 nitrogen and oxygen atoms in total. The van der Waals surface area contributed by atoms with Crippen molar-refractivity contribution in [2.75, 3.05) is 4.90 Å². The summed E-state index contributed by atoms with van der Waals surface area (Å²) in [6.07, 6.45) is 3.44. The number of anilines is 1. The van der Waals surface area contributed by atoms with E-state index in [-0.39, 0.29) is 23.7 Å². The fourth-order valence-corrected chi connectivity index (χ4v) is 3.75. The first kappa shape index (κ1) is 13.4. The lowest BCUT2D eigenvalue weighted by atomic mass is 9.78. The van der Waals surface area contributed by atoms with E-state index in [1.807, 2.05) is 19.1 Å². The first-order chi connectivity index (χ1) is 10.4. The van der Waals surface area contributed by atoms with Crippen LogP contribution in [0, 0.1) is 11.8 Å². The highest BCUT2D eigenvalue weighted by atomic mass is 16.5. The number of carbonyl (C=O) groups is 3. The largest absolute Gasteiger partial charge is 0.362 e. The van der Waals surface area contributed by atoms with Gasteiger partial charge in [-0.25, -0.2) is 4.90 Å². The molecule has 0 spiro atoms. The summed E-state index contributed by atoms with van der Waals surface area (Å²) in [5.41, 5.74) is 0.383. The van der Waals surface area contributed by atoms with Crippen molar-refractivity contribution < 1.29 is 19.1 Å². The van der Waals surface area contributed by atoms with Crippen molar-refractivity contribution in [3.05, 3.63) is 42.0 Å². The smallest absolute Gasteiger partial charge is 0.241 e. The molecule has 0 aliphatic carbocycles. The number of amides is 2. The minimum Gasteiger partial charge on any atom is -0.362 e. The molecule has 4 rings (SSSR count). The molecule has 3 aliphatic rings. The normalized spacial score (nSPS) is 35.4. The van der Waals surface area contributed by atoms with E-state index in [0.717, 1.165) is 0 Å². The van der Waals surface area contributed by atoms with Gasteiger partial charge in [0.05, 0.1) is 29.2 Å². The third-order valence-corrected chi connectivity index (χ3v) is 4.86. The molecule has 0 aromatic heterocycles. The molecule has 2 bridgehead atoms. The Labute approximate surface area is 127 Å². The van der Waals surface area contributed by atoms with Crippen LogP contribution in [0.3, 0.4) is 0 Å². The number of benzene rings is 1. The van der Waals surface area contributed by atoms with Crippen LogP contribution in [0.5, 0.6) is 0 Å². The van der Waals surface area contributed by atoms with Gasteiger partial charge in [-0.3, -0.25) is 14.4 Å². The van der Waals surface area contributed by atoms with E-state index >= 15 is 0 Å². The number of nitrogens with zero attached hydrogens (tertiary/aromatic N) is 1. The molecular weight excluding hydrogens is 282 g/mol. The van der Waals surface area contributed by atoms with Crippen LogP contribution in [0.15, 0.2) is 36.4 Å². The molecular formula is C17H15NO4. The van der Waals surface area contributed by atoms with Gasteiger partial charge in [0.1, 0.15) is 0 Å². The second kappa shape index (κ2) is 4.14. The number of fused-ring (bicyclic) bond motifs is 5. The monoisotopic (exact) mass is 297 g/mol. The molecule has 1 aromatic carbocycles. The molecule has 2 amide bonds. The maximum absolute atomic E-state index is 12.7. The van der Waals surface area contributed by atoms with Gasteiger partial charge in [0, 0.05) is 5.56 Å². The number of ketones is 1. The fraction of sp³-hybridized carbons (Fsp3) is 0.353. The second-order valence-electron chi connectivity index (χ2n) is 6.24. The maximum atomic E-state index is 12.7. The van der Waals surface area contributed by atoms with Crippen molar-refractivity contribution in [3.8, 4) is 0 Å². The third-order valence-electron chi connectivity index (χ3n) is 4.86. The Morgan fingerprint density at radius 1 is 1.18 bits per heavy atom. The standard InChI is InChI=1S/C17H15NO4/c1-9(19)10-3-5-11(6-4-10)18-15(20)13-12-7-8-17(2,22-12)14(13)16(18)21/h3-8,12-14H,1-2H3. The van der Waals surface area contributed by atoms with Crippen LogP contribution < -0.4 is 4.90 Å². The molecule has 5 heteroatoms. The summed E-state index contributed by atoms with van der Waals surface area (Å²) in [5, 5.41) is 0. The summed E-state index contributed by atoms with van der Waals surface area (Å²) in [7, 11) is 0. The zero-order valence-corrected chi connectivity index (χ0v) is 12.3. The van der Waals surface area contributed by atoms with E-state index in [4.69, 9.17) is 4.74 Å². The average Bonchev–Trinajstić information content (AvgIpc) is 3.08. The topological polar surface area (TPSA) is 63.7 Å². The van der Waals surface area contributed by atoms with Gasteiger partial charge in [0.2, 0.25) is 11.8 Å². The summed E-state index contributed by atoms with van der Waals surface area (Å²) in [5.74, 6) is -1.38. The first-order valence-corrected chi connectivity index (χ1v) is 7.28. The van der Waals surface area contributed by atoms with Gasteiger partial charge in [-0.15, -0.1) is 0 Å². The number of ether oxygens (including phenoxy) is 1. The Hall–Kier alpha value is -2.27. The highest BCUT2D eigenvalue weighted by Gasteiger charge is 2.65. The predicted molar refractivity (Wildman–Crippen MR) is 78.3 cm³/mol. The van der Waals surface area contributed by atoms with Crippen LogP contribution in [0.1, 0.15) is 24.2 Å². The zero-order valence-electron chi connectivity index (χ0n) is 12.3. The van der Waals surface area contributed by atoms with E-state index in [1.54, 1.807) is 24.3 Å². The Morgan fingerprint density at radius 3 is 2.45 bits per heavy atom. The molecule has 0 N–H and O–H groups in total. The lowest BCUT2D eigenvalue weighted by Crippen LogP contribution is -2.38. The van der Waals surface area contributed by atoms with E-state index in [1.165, 1.54) is 11.8 Å². The number of hydrogen-bond acceptors (Lipinski definition) is 4. The van der Waals surface area contributed by atoms with Crippen LogP contribution in [0.25, 0.3) is 0 Å². The molecule has 112 valence electrons. The molecule has 0 radical (unpaired) electrons. The highest BCUT2D eigenvalue weighted by Crippen LogP contribution is 2.52. The van der Waals surface area contributed by atoms with Crippen LogP contribution in [0.2, 0.25) is 0 Å². The molecule has 4 unspecified atom stereocenters. The predicted octanol–water partition coefficient (Wildman–Crippen LogP) is 1.72. The summed E-state index contributed by atoms with van der Waals surface area (Å²) in [4.78, 5) is 38.0. The minimum absolute atomic E-state index is 0.0503. The Balaban J connectivity index is 1.71. The minimum atomic E-state index is -0.684. The van der Waals surface area contributed by atoms with Crippen molar-refractivity contribution in [2.24, 2.45) is 11.8 Å². The summed E-state index contributed by atoms with van der Waals surface area (Å²) in [6, 6.07) is 6.56. The summed E-state index contributed by atoms with van der Waals surface area (Å²) < 4.78 is 5.78. The van der Waals surface area contributed by atoms with E-state index in [0.29, 0.717) is 11.3 Å². The van der Waals surface area contributed by atoms with Crippen molar-refractivity contribution >= 4 is 23.3 Å². The van der Waals surface area contributed by atoms with Crippen molar-refractivity contribution in [1.29, 1.82) is 0 Å². The quantitative estimate of drug-likeness (QED) is 0.474. The van der Waals surface area contributed by atoms with E-state index in [2.05, 4.69) is 0 Å². The molecule has 2 saturated heterocycles. The molecule has 0 saturated carbocycles. The van der Waals surface area contributed by atoms with Gasteiger partial charge >= 0.3 is 0 Å². The average molecular weight is 297 g/mol.